The SMILES string of the molecule is CC(C(=O)Nc1cccc(NC(=O)Cc2c(F)cccc2Cl)c1)n1cccn1. The van der Waals surface area contributed by atoms with Crippen molar-refractivity contribution in [3.8, 4) is 0 Å². The predicted molar refractivity (Wildman–Crippen MR) is 106 cm³/mol. The number of hydrogen-bond donors (Lipinski definition) is 2. The highest BCUT2D eigenvalue weighted by Crippen LogP contribution is 2.21. The molecule has 3 rings (SSSR count). The summed E-state index contributed by atoms with van der Waals surface area (Å²) in [5, 5.41) is 9.71. The van der Waals surface area contributed by atoms with Crippen molar-refractivity contribution in [1.82, 2.24) is 9.78 Å². The van der Waals surface area contributed by atoms with Gasteiger partial charge in [0.1, 0.15) is 11.9 Å². The van der Waals surface area contributed by atoms with Crippen LogP contribution in [0.15, 0.2) is 60.9 Å². The second kappa shape index (κ2) is 8.67. The number of benzene rings is 2. The Bertz CT molecular complexity index is 971. The van der Waals surface area contributed by atoms with Gasteiger partial charge in [0.05, 0.1) is 6.42 Å². The van der Waals surface area contributed by atoms with Gasteiger partial charge < -0.3 is 10.6 Å². The molecule has 0 bridgehead atoms. The van der Waals surface area contributed by atoms with Crippen molar-refractivity contribution in [2.24, 2.45) is 0 Å². The van der Waals surface area contributed by atoms with Gasteiger partial charge in [-0.3, -0.25) is 14.3 Å². The van der Waals surface area contributed by atoms with Gasteiger partial charge in [-0.15, -0.1) is 0 Å². The fourth-order valence-corrected chi connectivity index (χ4v) is 2.85. The van der Waals surface area contributed by atoms with Gasteiger partial charge >= 0.3 is 0 Å². The summed E-state index contributed by atoms with van der Waals surface area (Å²) in [5.41, 5.74) is 1.13. The zero-order valence-corrected chi connectivity index (χ0v) is 15.8. The largest absolute Gasteiger partial charge is 0.326 e. The van der Waals surface area contributed by atoms with E-state index in [-0.39, 0.29) is 22.9 Å². The average molecular weight is 401 g/mol. The van der Waals surface area contributed by atoms with Crippen molar-refractivity contribution in [2.45, 2.75) is 19.4 Å². The number of hydrogen-bond acceptors (Lipinski definition) is 3. The quantitative estimate of drug-likeness (QED) is 0.655. The molecule has 1 atom stereocenters. The van der Waals surface area contributed by atoms with Crippen molar-refractivity contribution in [3.63, 3.8) is 0 Å². The molecule has 0 aliphatic rings. The predicted octanol–water partition coefficient (Wildman–Crippen LogP) is 4.06. The number of carbonyl (C=O) groups excluding carboxylic acids is 2. The standard InChI is InChI=1S/C20H18ClFN4O2/c1-13(26-10-4-9-23-26)20(28)25-15-6-2-5-14(11-15)24-19(27)12-16-17(21)7-3-8-18(16)22/h2-11,13H,12H2,1H3,(H,24,27)(H,25,28). The summed E-state index contributed by atoms with van der Waals surface area (Å²) >= 11 is 5.96. The minimum Gasteiger partial charge on any atom is -0.326 e. The Morgan fingerprint density at radius 3 is 2.54 bits per heavy atom. The Hall–Kier alpha value is -3.19. The summed E-state index contributed by atoms with van der Waals surface area (Å²) in [7, 11) is 0. The molecule has 2 N–H and O–H groups in total. The van der Waals surface area contributed by atoms with E-state index in [1.807, 2.05) is 0 Å². The summed E-state index contributed by atoms with van der Waals surface area (Å²) in [5.74, 6) is -1.19. The number of nitrogens with one attached hydrogen (secondary N) is 2. The first-order valence-electron chi connectivity index (χ1n) is 8.57. The van der Waals surface area contributed by atoms with E-state index in [2.05, 4.69) is 15.7 Å². The fraction of sp³-hybridized carbons (Fsp3) is 0.150. The van der Waals surface area contributed by atoms with Crippen LogP contribution in [0.3, 0.4) is 0 Å². The van der Waals surface area contributed by atoms with Crippen LogP contribution in [-0.4, -0.2) is 21.6 Å². The van der Waals surface area contributed by atoms with Crippen LogP contribution in [0, 0.1) is 5.82 Å². The Balaban J connectivity index is 1.64. The summed E-state index contributed by atoms with van der Waals surface area (Å²) in [6.45, 7) is 1.73. The van der Waals surface area contributed by atoms with E-state index in [9.17, 15) is 14.0 Å². The maximum atomic E-state index is 13.8. The lowest BCUT2D eigenvalue weighted by Crippen LogP contribution is -2.24. The number of anilines is 2. The van der Waals surface area contributed by atoms with Crippen LogP contribution in [0.2, 0.25) is 5.02 Å². The van der Waals surface area contributed by atoms with Crippen molar-refractivity contribution in [2.75, 3.05) is 10.6 Å². The van der Waals surface area contributed by atoms with Gasteiger partial charge in [-0.2, -0.15) is 5.10 Å². The van der Waals surface area contributed by atoms with Gasteiger partial charge in [0.15, 0.2) is 0 Å². The van der Waals surface area contributed by atoms with Crippen molar-refractivity contribution >= 4 is 34.8 Å². The summed E-state index contributed by atoms with van der Waals surface area (Å²) in [4.78, 5) is 24.6. The molecule has 6 nitrogen and oxygen atoms in total. The molecule has 0 saturated heterocycles. The fourth-order valence-electron chi connectivity index (χ4n) is 2.62. The maximum absolute atomic E-state index is 13.8. The van der Waals surface area contributed by atoms with Gasteiger partial charge in [0.25, 0.3) is 0 Å². The lowest BCUT2D eigenvalue weighted by atomic mass is 10.1. The van der Waals surface area contributed by atoms with Crippen molar-refractivity contribution in [1.29, 1.82) is 0 Å². The maximum Gasteiger partial charge on any atom is 0.248 e. The minimum absolute atomic E-state index is 0.138. The molecule has 144 valence electrons. The molecular formula is C20H18ClFN4O2. The van der Waals surface area contributed by atoms with E-state index in [0.29, 0.717) is 11.4 Å². The highest BCUT2D eigenvalue weighted by atomic mass is 35.5. The first-order chi connectivity index (χ1) is 13.4. The van der Waals surface area contributed by atoms with Crippen LogP contribution in [0.4, 0.5) is 15.8 Å². The zero-order valence-electron chi connectivity index (χ0n) is 15.0. The summed E-state index contributed by atoms with van der Waals surface area (Å²) in [6.07, 6.45) is 3.11. The van der Waals surface area contributed by atoms with Gasteiger partial charge in [-0.1, -0.05) is 23.7 Å². The van der Waals surface area contributed by atoms with Gasteiger partial charge in [-0.05, 0) is 43.3 Å². The molecule has 2 aromatic carbocycles. The van der Waals surface area contributed by atoms with Crippen LogP contribution in [0.5, 0.6) is 0 Å². The highest BCUT2D eigenvalue weighted by Gasteiger charge is 2.16. The van der Waals surface area contributed by atoms with E-state index < -0.39 is 17.8 Å². The smallest absolute Gasteiger partial charge is 0.248 e. The average Bonchev–Trinajstić information content (AvgIpc) is 3.19. The van der Waals surface area contributed by atoms with E-state index in [0.717, 1.165) is 0 Å². The number of halogens is 2. The number of carbonyl (C=O) groups is 2. The summed E-state index contributed by atoms with van der Waals surface area (Å²) in [6, 6.07) is 12.2. The molecule has 1 unspecified atom stereocenters. The van der Waals surface area contributed by atoms with E-state index in [1.54, 1.807) is 54.3 Å². The molecule has 1 heterocycles. The van der Waals surface area contributed by atoms with E-state index in [4.69, 9.17) is 11.6 Å². The van der Waals surface area contributed by atoms with Crippen LogP contribution in [-0.2, 0) is 16.0 Å². The van der Waals surface area contributed by atoms with Gasteiger partial charge in [0, 0.05) is 34.4 Å². The van der Waals surface area contributed by atoms with Gasteiger partial charge in [0.2, 0.25) is 11.8 Å². The number of aromatic nitrogens is 2. The molecule has 2 amide bonds. The first-order valence-corrected chi connectivity index (χ1v) is 8.94. The lowest BCUT2D eigenvalue weighted by molar-refractivity contribution is -0.119. The van der Waals surface area contributed by atoms with Crippen LogP contribution >= 0.6 is 11.6 Å². The normalized spacial score (nSPS) is 11.7. The van der Waals surface area contributed by atoms with Crippen molar-refractivity contribution < 1.29 is 14.0 Å². The molecule has 0 aliphatic heterocycles. The van der Waals surface area contributed by atoms with Crippen molar-refractivity contribution in [3.05, 3.63) is 77.3 Å². The first kappa shape index (κ1) is 19.6. The second-order valence-corrected chi connectivity index (χ2v) is 6.56. The van der Waals surface area contributed by atoms with E-state index in [1.165, 1.54) is 18.2 Å². The molecule has 0 spiro atoms. The second-order valence-electron chi connectivity index (χ2n) is 6.16. The molecule has 0 radical (unpaired) electrons. The third-order valence-corrected chi connectivity index (χ3v) is 4.47. The Kier molecular flexibility index (Phi) is 6.06. The van der Waals surface area contributed by atoms with Crippen LogP contribution in [0.1, 0.15) is 18.5 Å². The Morgan fingerprint density at radius 2 is 1.86 bits per heavy atom. The Labute approximate surface area is 166 Å². The number of nitrogens with zero attached hydrogens (tertiary/aromatic N) is 2. The molecule has 0 saturated carbocycles. The van der Waals surface area contributed by atoms with Gasteiger partial charge in [-0.25, -0.2) is 4.39 Å². The summed E-state index contributed by atoms with van der Waals surface area (Å²) < 4.78 is 15.4. The monoisotopic (exact) mass is 400 g/mol. The minimum atomic E-state index is -0.531. The molecule has 0 aliphatic carbocycles. The Morgan fingerprint density at radius 1 is 1.14 bits per heavy atom. The van der Waals surface area contributed by atoms with Crippen LogP contribution in [0.25, 0.3) is 0 Å². The molecule has 8 heteroatoms. The molecule has 28 heavy (non-hydrogen) atoms. The highest BCUT2D eigenvalue weighted by molar-refractivity contribution is 6.31. The zero-order chi connectivity index (χ0) is 20.1. The molecule has 0 fully saturated rings. The topological polar surface area (TPSA) is 76.0 Å². The van der Waals surface area contributed by atoms with Crippen LogP contribution < -0.4 is 10.6 Å². The molecular weight excluding hydrogens is 383 g/mol. The number of amides is 2. The third-order valence-electron chi connectivity index (χ3n) is 4.11. The lowest BCUT2D eigenvalue weighted by Gasteiger charge is -2.13. The molecule has 3 aromatic rings. The number of rotatable bonds is 6. The third kappa shape index (κ3) is 4.75. The molecule has 1 aromatic heterocycles. The van der Waals surface area contributed by atoms with E-state index >= 15 is 0 Å².